The van der Waals surface area contributed by atoms with Gasteiger partial charge in [0, 0.05) is 30.9 Å². The Morgan fingerprint density at radius 2 is 1.85 bits per heavy atom. The molecule has 0 radical (unpaired) electrons. The van der Waals surface area contributed by atoms with Gasteiger partial charge < -0.3 is 4.57 Å². The smallest absolute Gasteiger partial charge is 0.164 e. The lowest BCUT2D eigenvalue weighted by Crippen LogP contribution is -1.99. The van der Waals surface area contributed by atoms with Gasteiger partial charge in [0.1, 0.15) is 0 Å². The summed E-state index contributed by atoms with van der Waals surface area (Å²) in [4.78, 5) is 12.1. The second-order valence-corrected chi connectivity index (χ2v) is 5.92. The third-order valence-corrected chi connectivity index (χ3v) is 4.30. The first-order valence-electron chi connectivity index (χ1n) is 7.41. The number of aryl methyl sites for hydroxylation is 3. The number of aromatic nitrogens is 1. The van der Waals surface area contributed by atoms with Crippen LogP contribution in [-0.2, 0) is 13.0 Å². The van der Waals surface area contributed by atoms with E-state index in [1.807, 2.05) is 6.20 Å². The Kier molecular flexibility index (Phi) is 3.47. The summed E-state index contributed by atoms with van der Waals surface area (Å²) >= 11 is 0. The van der Waals surface area contributed by atoms with E-state index in [1.165, 1.54) is 22.3 Å². The van der Waals surface area contributed by atoms with Gasteiger partial charge in [-0.3, -0.25) is 4.79 Å². The van der Waals surface area contributed by atoms with Crippen LogP contribution < -0.4 is 0 Å². The first kappa shape index (κ1) is 13.2. The average Bonchev–Trinajstić information content (AvgIpc) is 2.74. The van der Waals surface area contributed by atoms with Gasteiger partial charge >= 0.3 is 0 Å². The number of nitrogens with zero attached hydrogens (tertiary/aromatic N) is 1. The number of hydrogen-bond donors (Lipinski definition) is 0. The van der Waals surface area contributed by atoms with Gasteiger partial charge in [0.05, 0.1) is 0 Å². The molecular weight excluding hydrogens is 246 g/mol. The summed E-state index contributed by atoms with van der Waals surface area (Å²) in [7, 11) is 0. The molecular formula is C18H21NO. The van der Waals surface area contributed by atoms with Crippen LogP contribution in [0.15, 0.2) is 30.6 Å². The van der Waals surface area contributed by atoms with Crippen molar-refractivity contribution in [2.24, 2.45) is 0 Å². The van der Waals surface area contributed by atoms with E-state index in [9.17, 15) is 4.79 Å². The summed E-state index contributed by atoms with van der Waals surface area (Å²) in [5, 5.41) is 0. The molecule has 0 bridgehead atoms. The van der Waals surface area contributed by atoms with Crippen molar-refractivity contribution in [1.82, 2.24) is 4.57 Å². The third-order valence-electron chi connectivity index (χ3n) is 4.30. The second kappa shape index (κ2) is 5.28. The molecule has 2 heteroatoms. The summed E-state index contributed by atoms with van der Waals surface area (Å²) in [5.41, 5.74) is 6.13. The third kappa shape index (κ3) is 2.55. The van der Waals surface area contributed by atoms with Crippen LogP contribution in [0.25, 0.3) is 0 Å². The summed E-state index contributed by atoms with van der Waals surface area (Å²) in [6, 6.07) is 6.59. The van der Waals surface area contributed by atoms with Crippen molar-refractivity contribution >= 4 is 5.78 Å². The molecule has 0 fully saturated rings. The van der Waals surface area contributed by atoms with Crippen molar-refractivity contribution in [2.45, 2.75) is 46.1 Å². The first-order valence-corrected chi connectivity index (χ1v) is 7.41. The van der Waals surface area contributed by atoms with E-state index in [1.54, 1.807) is 0 Å². The lowest BCUT2D eigenvalue weighted by molar-refractivity contribution is 0.0982. The number of benzene rings is 1. The van der Waals surface area contributed by atoms with Gasteiger partial charge in [0.15, 0.2) is 5.78 Å². The molecule has 0 unspecified atom stereocenters. The van der Waals surface area contributed by atoms with Gasteiger partial charge in [-0.1, -0.05) is 18.2 Å². The van der Waals surface area contributed by atoms with Crippen LogP contribution in [0.2, 0.25) is 0 Å². The Morgan fingerprint density at radius 3 is 2.65 bits per heavy atom. The van der Waals surface area contributed by atoms with Crippen LogP contribution in [0, 0.1) is 13.8 Å². The Hall–Kier alpha value is -1.83. The molecule has 2 aromatic rings. The van der Waals surface area contributed by atoms with Crippen molar-refractivity contribution < 1.29 is 4.79 Å². The summed E-state index contributed by atoms with van der Waals surface area (Å²) in [6.45, 7) is 5.13. The monoisotopic (exact) mass is 267 g/mol. The minimum absolute atomic E-state index is 0.316. The van der Waals surface area contributed by atoms with Crippen LogP contribution in [0.3, 0.4) is 0 Å². The fourth-order valence-electron chi connectivity index (χ4n) is 2.95. The van der Waals surface area contributed by atoms with E-state index >= 15 is 0 Å². The fraction of sp³-hybridized carbons (Fsp3) is 0.389. The average molecular weight is 267 g/mol. The highest BCUT2D eigenvalue weighted by atomic mass is 16.1. The van der Waals surface area contributed by atoms with Crippen molar-refractivity contribution in [3.05, 3.63) is 58.4 Å². The Morgan fingerprint density at radius 1 is 1.05 bits per heavy atom. The maximum atomic E-state index is 12.1. The molecule has 0 saturated heterocycles. The molecule has 0 N–H and O–H groups in total. The maximum Gasteiger partial charge on any atom is 0.164 e. The molecule has 104 valence electrons. The second-order valence-electron chi connectivity index (χ2n) is 5.92. The Balaban J connectivity index is 1.86. The number of carbonyl (C=O) groups excluding carboxylic acids is 1. The summed E-state index contributed by atoms with van der Waals surface area (Å²) < 4.78 is 2.16. The molecule has 1 aliphatic carbocycles. The standard InChI is InChI=1S/C18H21NO/c1-13-7-8-15(9-14(13)2)10-19-11-16-5-3-4-6-18(20)17(16)12-19/h7-9,11-12H,3-6,10H2,1-2H3. The number of carbonyl (C=O) groups is 1. The van der Waals surface area contributed by atoms with Crippen molar-refractivity contribution in [3.63, 3.8) is 0 Å². The zero-order valence-corrected chi connectivity index (χ0v) is 12.3. The predicted octanol–water partition coefficient (Wildman–Crippen LogP) is 4.06. The molecule has 1 aromatic carbocycles. The highest BCUT2D eigenvalue weighted by Gasteiger charge is 2.17. The minimum Gasteiger partial charge on any atom is -0.349 e. The molecule has 0 aliphatic heterocycles. The van der Waals surface area contributed by atoms with E-state index in [-0.39, 0.29) is 0 Å². The largest absolute Gasteiger partial charge is 0.349 e. The lowest BCUT2D eigenvalue weighted by Gasteiger charge is -2.06. The van der Waals surface area contributed by atoms with Crippen LogP contribution in [-0.4, -0.2) is 10.4 Å². The van der Waals surface area contributed by atoms with Gasteiger partial charge in [0.2, 0.25) is 0 Å². The quantitative estimate of drug-likeness (QED) is 0.752. The van der Waals surface area contributed by atoms with E-state index in [2.05, 4.69) is 42.8 Å². The van der Waals surface area contributed by atoms with Crippen molar-refractivity contribution in [2.75, 3.05) is 0 Å². The zero-order chi connectivity index (χ0) is 14.1. The van der Waals surface area contributed by atoms with Gasteiger partial charge in [-0.05, 0) is 55.4 Å². The lowest BCUT2D eigenvalue weighted by atomic mass is 10.1. The molecule has 1 heterocycles. The number of Topliss-reactive ketones (excluding diaryl/α,β-unsaturated/α-hetero) is 1. The fourth-order valence-corrected chi connectivity index (χ4v) is 2.95. The van der Waals surface area contributed by atoms with Crippen LogP contribution >= 0.6 is 0 Å². The van der Waals surface area contributed by atoms with E-state index < -0.39 is 0 Å². The normalized spacial score (nSPS) is 15.0. The molecule has 2 nitrogen and oxygen atoms in total. The predicted molar refractivity (Wildman–Crippen MR) is 81.3 cm³/mol. The molecule has 0 atom stereocenters. The van der Waals surface area contributed by atoms with Crippen LogP contribution in [0.4, 0.5) is 0 Å². The van der Waals surface area contributed by atoms with Crippen LogP contribution in [0.1, 0.15) is 51.9 Å². The van der Waals surface area contributed by atoms with Gasteiger partial charge in [-0.2, -0.15) is 0 Å². The summed E-state index contributed by atoms with van der Waals surface area (Å²) in [5.74, 6) is 0.316. The molecule has 0 amide bonds. The van der Waals surface area contributed by atoms with E-state index in [0.717, 1.165) is 31.4 Å². The topological polar surface area (TPSA) is 22.0 Å². The number of fused-ring (bicyclic) bond motifs is 1. The zero-order valence-electron chi connectivity index (χ0n) is 12.3. The molecule has 0 saturated carbocycles. The van der Waals surface area contributed by atoms with Crippen molar-refractivity contribution in [1.29, 1.82) is 0 Å². The van der Waals surface area contributed by atoms with Gasteiger partial charge in [-0.15, -0.1) is 0 Å². The minimum atomic E-state index is 0.316. The molecule has 3 rings (SSSR count). The first-order chi connectivity index (χ1) is 9.63. The van der Waals surface area contributed by atoms with Gasteiger partial charge in [0.25, 0.3) is 0 Å². The van der Waals surface area contributed by atoms with E-state index in [0.29, 0.717) is 12.2 Å². The van der Waals surface area contributed by atoms with E-state index in [4.69, 9.17) is 0 Å². The molecule has 1 aliphatic rings. The van der Waals surface area contributed by atoms with Crippen molar-refractivity contribution in [3.8, 4) is 0 Å². The maximum absolute atomic E-state index is 12.1. The molecule has 20 heavy (non-hydrogen) atoms. The molecule has 0 spiro atoms. The Bertz CT molecular complexity index is 651. The van der Waals surface area contributed by atoms with Crippen LogP contribution in [0.5, 0.6) is 0 Å². The van der Waals surface area contributed by atoms with Gasteiger partial charge in [-0.25, -0.2) is 0 Å². The number of ketones is 1. The number of hydrogen-bond acceptors (Lipinski definition) is 1. The Labute approximate surface area is 120 Å². The molecule has 1 aromatic heterocycles. The number of rotatable bonds is 2. The highest BCUT2D eigenvalue weighted by Crippen LogP contribution is 2.22. The SMILES string of the molecule is Cc1ccc(Cn2cc3c(c2)C(=O)CCCC3)cc1C. The summed E-state index contributed by atoms with van der Waals surface area (Å²) in [6.07, 6.45) is 8.12. The highest BCUT2D eigenvalue weighted by molar-refractivity contribution is 5.97.